The average Bonchev–Trinajstić information content (AvgIpc) is 3.23. The predicted octanol–water partition coefficient (Wildman–Crippen LogP) is 2.76. The van der Waals surface area contributed by atoms with Crippen molar-refractivity contribution in [2.75, 3.05) is 0 Å². The molecular formula is C21H18N4O2S. The molecule has 4 aromatic rings. The van der Waals surface area contributed by atoms with E-state index in [1.807, 2.05) is 47.8 Å². The number of hydrogen-bond acceptors (Lipinski definition) is 5. The van der Waals surface area contributed by atoms with Gasteiger partial charge in [-0.05, 0) is 29.1 Å². The summed E-state index contributed by atoms with van der Waals surface area (Å²) in [6.07, 6.45) is 3.74. The summed E-state index contributed by atoms with van der Waals surface area (Å²) >= 11 is 1.55. The number of pyridine rings is 1. The molecule has 140 valence electrons. The summed E-state index contributed by atoms with van der Waals surface area (Å²) in [7, 11) is 0. The van der Waals surface area contributed by atoms with Gasteiger partial charge in [0.2, 0.25) is 5.91 Å². The second kappa shape index (κ2) is 8.14. The molecule has 0 aliphatic rings. The Morgan fingerprint density at radius 2 is 1.93 bits per heavy atom. The van der Waals surface area contributed by atoms with E-state index in [4.69, 9.17) is 0 Å². The molecule has 0 saturated carbocycles. The zero-order valence-electron chi connectivity index (χ0n) is 15.0. The number of hydrogen-bond donors (Lipinski definition) is 1. The molecule has 28 heavy (non-hydrogen) atoms. The molecule has 0 radical (unpaired) electrons. The highest BCUT2D eigenvalue weighted by Crippen LogP contribution is 2.14. The SMILES string of the molecule is O=C(Cc1cccs1)NCc1nn(Cc2cccnc2)c(=O)c2ccccc12. The topological polar surface area (TPSA) is 76.9 Å². The number of benzene rings is 1. The van der Waals surface area contributed by atoms with Gasteiger partial charge in [-0.15, -0.1) is 11.3 Å². The van der Waals surface area contributed by atoms with Gasteiger partial charge in [-0.2, -0.15) is 5.10 Å². The van der Waals surface area contributed by atoms with Gasteiger partial charge in [0, 0.05) is 22.7 Å². The third-order valence-electron chi connectivity index (χ3n) is 4.37. The van der Waals surface area contributed by atoms with Crippen molar-refractivity contribution in [3.63, 3.8) is 0 Å². The largest absolute Gasteiger partial charge is 0.350 e. The van der Waals surface area contributed by atoms with Gasteiger partial charge in [-0.1, -0.05) is 30.3 Å². The fourth-order valence-corrected chi connectivity index (χ4v) is 3.73. The molecule has 0 spiro atoms. The van der Waals surface area contributed by atoms with Crippen LogP contribution in [0.5, 0.6) is 0 Å². The van der Waals surface area contributed by atoms with E-state index in [1.165, 1.54) is 4.68 Å². The van der Waals surface area contributed by atoms with Crippen molar-refractivity contribution in [2.24, 2.45) is 0 Å². The molecule has 0 fully saturated rings. The molecular weight excluding hydrogens is 372 g/mol. The Bertz CT molecular complexity index is 1150. The second-order valence-corrected chi connectivity index (χ2v) is 7.38. The molecule has 4 rings (SSSR count). The predicted molar refractivity (Wildman–Crippen MR) is 109 cm³/mol. The van der Waals surface area contributed by atoms with Crippen LogP contribution in [-0.4, -0.2) is 20.7 Å². The lowest BCUT2D eigenvalue weighted by atomic mass is 10.1. The zero-order chi connectivity index (χ0) is 19.3. The minimum atomic E-state index is -0.159. The summed E-state index contributed by atoms with van der Waals surface area (Å²) in [4.78, 5) is 30.2. The molecule has 1 aromatic carbocycles. The van der Waals surface area contributed by atoms with E-state index < -0.39 is 0 Å². The Morgan fingerprint density at radius 3 is 2.68 bits per heavy atom. The smallest absolute Gasteiger partial charge is 0.274 e. The highest BCUT2D eigenvalue weighted by atomic mass is 32.1. The van der Waals surface area contributed by atoms with E-state index in [0.29, 0.717) is 24.0 Å². The molecule has 0 atom stereocenters. The number of carbonyl (C=O) groups is 1. The molecule has 1 amide bonds. The quantitative estimate of drug-likeness (QED) is 0.549. The van der Waals surface area contributed by atoms with Crippen LogP contribution in [0.3, 0.4) is 0 Å². The van der Waals surface area contributed by atoms with Crippen molar-refractivity contribution in [1.29, 1.82) is 0 Å². The first kappa shape index (κ1) is 18.1. The standard InChI is InChI=1S/C21H18N4O2S/c26-20(11-16-6-4-10-28-16)23-13-19-17-7-1-2-8-18(17)21(27)25(24-19)14-15-5-3-9-22-12-15/h1-10,12H,11,13-14H2,(H,23,26). The molecule has 0 aliphatic carbocycles. The van der Waals surface area contributed by atoms with E-state index in [-0.39, 0.29) is 18.0 Å². The average molecular weight is 390 g/mol. The van der Waals surface area contributed by atoms with Crippen LogP contribution >= 0.6 is 11.3 Å². The summed E-state index contributed by atoms with van der Waals surface area (Å²) in [5, 5.41) is 10.7. The van der Waals surface area contributed by atoms with Gasteiger partial charge in [0.1, 0.15) is 0 Å². The number of nitrogens with zero attached hydrogens (tertiary/aromatic N) is 3. The van der Waals surface area contributed by atoms with Crippen molar-refractivity contribution in [3.8, 4) is 0 Å². The maximum Gasteiger partial charge on any atom is 0.274 e. The first-order valence-corrected chi connectivity index (χ1v) is 9.75. The maximum atomic E-state index is 12.8. The number of aromatic nitrogens is 3. The van der Waals surface area contributed by atoms with E-state index >= 15 is 0 Å². The van der Waals surface area contributed by atoms with Crippen molar-refractivity contribution in [1.82, 2.24) is 20.1 Å². The van der Waals surface area contributed by atoms with E-state index in [1.54, 1.807) is 29.8 Å². The number of fused-ring (bicyclic) bond motifs is 1. The van der Waals surface area contributed by atoms with Crippen LogP contribution in [-0.2, 0) is 24.3 Å². The van der Waals surface area contributed by atoms with Crippen LogP contribution in [0.1, 0.15) is 16.1 Å². The number of thiophene rings is 1. The van der Waals surface area contributed by atoms with Crippen LogP contribution in [0.2, 0.25) is 0 Å². The van der Waals surface area contributed by atoms with Crippen LogP contribution in [0.25, 0.3) is 10.8 Å². The number of amides is 1. The molecule has 0 saturated heterocycles. The van der Waals surface area contributed by atoms with Crippen LogP contribution in [0.15, 0.2) is 71.1 Å². The van der Waals surface area contributed by atoms with Crippen molar-refractivity contribution < 1.29 is 4.79 Å². The minimum Gasteiger partial charge on any atom is -0.350 e. The highest BCUT2D eigenvalue weighted by Gasteiger charge is 2.12. The molecule has 3 heterocycles. The van der Waals surface area contributed by atoms with Gasteiger partial charge in [0.15, 0.2) is 0 Å². The Kier molecular flexibility index (Phi) is 5.25. The molecule has 0 aliphatic heterocycles. The van der Waals surface area contributed by atoms with Gasteiger partial charge in [0.05, 0.1) is 30.6 Å². The second-order valence-electron chi connectivity index (χ2n) is 6.35. The van der Waals surface area contributed by atoms with Gasteiger partial charge in [0.25, 0.3) is 5.56 Å². The lowest BCUT2D eigenvalue weighted by Crippen LogP contribution is -2.29. The van der Waals surface area contributed by atoms with Gasteiger partial charge in [-0.25, -0.2) is 4.68 Å². The summed E-state index contributed by atoms with van der Waals surface area (Å²) in [6.45, 7) is 0.589. The normalized spacial score (nSPS) is 10.9. The van der Waals surface area contributed by atoms with Crippen LogP contribution in [0, 0.1) is 0 Å². The van der Waals surface area contributed by atoms with Gasteiger partial charge >= 0.3 is 0 Å². The number of rotatable bonds is 6. The molecule has 6 nitrogen and oxygen atoms in total. The molecule has 3 aromatic heterocycles. The molecule has 1 N–H and O–H groups in total. The van der Waals surface area contributed by atoms with Gasteiger partial charge in [-0.3, -0.25) is 14.6 Å². The molecule has 0 unspecified atom stereocenters. The van der Waals surface area contributed by atoms with E-state index in [2.05, 4.69) is 15.4 Å². The summed E-state index contributed by atoms with van der Waals surface area (Å²) in [6, 6.07) is 14.9. The van der Waals surface area contributed by atoms with Crippen molar-refractivity contribution >= 4 is 28.0 Å². The fraction of sp³-hybridized carbons (Fsp3) is 0.143. The van der Waals surface area contributed by atoms with Crippen LogP contribution < -0.4 is 10.9 Å². The van der Waals surface area contributed by atoms with E-state index in [9.17, 15) is 9.59 Å². The molecule has 0 bridgehead atoms. The summed E-state index contributed by atoms with van der Waals surface area (Å²) in [5.74, 6) is -0.0710. The number of nitrogens with one attached hydrogen (secondary N) is 1. The third kappa shape index (κ3) is 3.99. The lowest BCUT2D eigenvalue weighted by molar-refractivity contribution is -0.120. The monoisotopic (exact) mass is 390 g/mol. The van der Waals surface area contributed by atoms with Crippen molar-refractivity contribution in [3.05, 3.63) is 92.8 Å². The first-order chi connectivity index (χ1) is 13.7. The van der Waals surface area contributed by atoms with Gasteiger partial charge < -0.3 is 5.32 Å². The first-order valence-electron chi connectivity index (χ1n) is 8.87. The van der Waals surface area contributed by atoms with Crippen molar-refractivity contribution in [2.45, 2.75) is 19.5 Å². The van der Waals surface area contributed by atoms with E-state index in [0.717, 1.165) is 15.8 Å². The Morgan fingerprint density at radius 1 is 1.07 bits per heavy atom. The maximum absolute atomic E-state index is 12.8. The fourth-order valence-electron chi connectivity index (χ4n) is 3.02. The Balaban J connectivity index is 1.62. The summed E-state index contributed by atoms with van der Waals surface area (Å²) in [5.41, 5.74) is 1.40. The lowest BCUT2D eigenvalue weighted by Gasteiger charge is -2.12. The van der Waals surface area contributed by atoms with Crippen LogP contribution in [0.4, 0.5) is 0 Å². The zero-order valence-corrected chi connectivity index (χ0v) is 15.9. The third-order valence-corrected chi connectivity index (χ3v) is 5.24. The molecule has 7 heteroatoms. The Labute approximate surface area is 165 Å². The number of carbonyl (C=O) groups excluding carboxylic acids is 1. The summed E-state index contributed by atoms with van der Waals surface area (Å²) < 4.78 is 1.43. The minimum absolute atomic E-state index is 0.0710. The highest BCUT2D eigenvalue weighted by molar-refractivity contribution is 7.10. The Hall–Kier alpha value is -3.32.